The standard InChI is InChI=1S/C52H28F3N5/c53-52(54,55)51-49(59-45-10-3-1-8-41(45)43-22-20-38(25-47(43)59)35-16-12-32(29-56)13-17-35)27-40(37-7-5-6-34(24-37)31-58)28-50(51)60-46-11-4-2-9-42(46)44-23-21-39(26-48(44)60)36-18-14-33(30-57)15-19-36/h1-28H. The van der Waals surface area contributed by atoms with Crippen LogP contribution in [0.3, 0.4) is 0 Å². The molecule has 2 aromatic heterocycles. The molecule has 0 saturated heterocycles. The Balaban J connectivity index is 1.35. The predicted octanol–water partition coefficient (Wildman–Crippen LogP) is 13.5. The van der Waals surface area contributed by atoms with Crippen molar-refractivity contribution in [1.82, 2.24) is 9.13 Å². The molecule has 0 aliphatic heterocycles. The van der Waals surface area contributed by atoms with E-state index in [0.717, 1.165) is 43.8 Å². The van der Waals surface area contributed by atoms with Crippen molar-refractivity contribution in [3.05, 3.63) is 192 Å². The second kappa shape index (κ2) is 13.9. The largest absolute Gasteiger partial charge is 0.420 e. The van der Waals surface area contributed by atoms with Crippen molar-refractivity contribution in [2.45, 2.75) is 6.18 Å². The van der Waals surface area contributed by atoms with E-state index < -0.39 is 11.7 Å². The van der Waals surface area contributed by atoms with Crippen molar-refractivity contribution in [3.8, 4) is 63.0 Å². The number of benzene rings is 8. The van der Waals surface area contributed by atoms with Gasteiger partial charge in [-0.05, 0) is 106 Å². The van der Waals surface area contributed by atoms with E-state index in [0.29, 0.717) is 49.9 Å². The summed E-state index contributed by atoms with van der Waals surface area (Å²) in [5.41, 5.74) is 7.00. The number of alkyl halides is 3. The van der Waals surface area contributed by atoms with Crippen LogP contribution >= 0.6 is 0 Å². The minimum absolute atomic E-state index is 0.0743. The molecule has 10 rings (SSSR count). The lowest BCUT2D eigenvalue weighted by molar-refractivity contribution is -0.137. The molecular weight excluding hydrogens is 752 g/mol. The first-order chi connectivity index (χ1) is 29.2. The van der Waals surface area contributed by atoms with Gasteiger partial charge in [-0.2, -0.15) is 29.0 Å². The normalized spacial score (nSPS) is 11.5. The summed E-state index contributed by atoms with van der Waals surface area (Å²) in [5.74, 6) is 0. The van der Waals surface area contributed by atoms with Gasteiger partial charge in [0.25, 0.3) is 0 Å². The number of rotatable bonds is 5. The number of nitrogens with zero attached hydrogens (tertiary/aromatic N) is 5. The second-order valence-corrected chi connectivity index (χ2v) is 14.6. The summed E-state index contributed by atoms with van der Waals surface area (Å²) >= 11 is 0. The average molecular weight is 780 g/mol. The Morgan fingerprint density at radius 2 is 0.767 bits per heavy atom. The zero-order valence-corrected chi connectivity index (χ0v) is 31.5. The Hall–Kier alpha value is -8.38. The number of halogens is 3. The van der Waals surface area contributed by atoms with E-state index in [1.165, 1.54) is 0 Å². The number of hydrogen-bond donors (Lipinski definition) is 0. The smallest absolute Gasteiger partial charge is 0.309 e. The molecule has 0 N–H and O–H groups in total. The maximum absolute atomic E-state index is 16.5. The molecule has 282 valence electrons. The number of hydrogen-bond acceptors (Lipinski definition) is 3. The monoisotopic (exact) mass is 779 g/mol. The highest BCUT2D eigenvalue weighted by molar-refractivity contribution is 6.12. The lowest BCUT2D eigenvalue weighted by Crippen LogP contribution is -2.16. The SMILES string of the molecule is N#Cc1ccc(-c2ccc3c4ccccc4n(-c4cc(-c5cccc(C#N)c5)cc(-n5c6ccccc6c6ccc(-c7ccc(C#N)cc7)cc65)c4C(F)(F)F)c3c2)cc1. The number of fused-ring (bicyclic) bond motifs is 6. The van der Waals surface area contributed by atoms with Crippen molar-refractivity contribution < 1.29 is 13.2 Å². The maximum Gasteiger partial charge on any atom is 0.420 e. The highest BCUT2D eigenvalue weighted by Crippen LogP contribution is 2.47. The predicted molar refractivity (Wildman–Crippen MR) is 231 cm³/mol. The summed E-state index contributed by atoms with van der Waals surface area (Å²) in [6.45, 7) is 0. The molecule has 0 atom stereocenters. The third kappa shape index (κ3) is 5.85. The van der Waals surface area contributed by atoms with E-state index in [-0.39, 0.29) is 11.4 Å². The summed E-state index contributed by atoms with van der Waals surface area (Å²) < 4.78 is 52.8. The lowest BCUT2D eigenvalue weighted by Gasteiger charge is -2.23. The van der Waals surface area contributed by atoms with Gasteiger partial charge in [-0.15, -0.1) is 0 Å². The zero-order chi connectivity index (χ0) is 41.1. The molecule has 10 aromatic rings. The van der Waals surface area contributed by atoms with Crippen molar-refractivity contribution in [3.63, 3.8) is 0 Å². The van der Waals surface area contributed by atoms with Crippen LogP contribution in [-0.4, -0.2) is 9.13 Å². The molecule has 0 fully saturated rings. The molecule has 0 unspecified atom stereocenters. The fourth-order valence-corrected chi connectivity index (χ4v) is 8.48. The molecule has 0 bridgehead atoms. The van der Waals surface area contributed by atoms with Crippen LogP contribution in [0.5, 0.6) is 0 Å². The van der Waals surface area contributed by atoms with E-state index in [1.807, 2.05) is 109 Å². The summed E-state index contributed by atoms with van der Waals surface area (Å²) in [5, 5.41) is 31.9. The molecule has 0 aliphatic carbocycles. The van der Waals surface area contributed by atoms with Gasteiger partial charge in [0.05, 0.1) is 68.3 Å². The van der Waals surface area contributed by atoms with Gasteiger partial charge in [0.2, 0.25) is 0 Å². The molecule has 0 radical (unpaired) electrons. The van der Waals surface area contributed by atoms with Crippen LogP contribution in [0.1, 0.15) is 22.3 Å². The number of aromatic nitrogens is 2. The van der Waals surface area contributed by atoms with Crippen LogP contribution < -0.4 is 0 Å². The Kier molecular flexibility index (Phi) is 8.35. The Morgan fingerprint density at radius 3 is 1.22 bits per heavy atom. The quantitative estimate of drug-likeness (QED) is 0.174. The van der Waals surface area contributed by atoms with Gasteiger partial charge in [-0.25, -0.2) is 0 Å². The molecule has 2 heterocycles. The van der Waals surface area contributed by atoms with E-state index in [1.54, 1.807) is 69.8 Å². The highest BCUT2D eigenvalue weighted by Gasteiger charge is 2.39. The number of nitriles is 3. The fourth-order valence-electron chi connectivity index (χ4n) is 8.48. The van der Waals surface area contributed by atoms with Gasteiger partial charge in [0.1, 0.15) is 5.56 Å². The van der Waals surface area contributed by atoms with Gasteiger partial charge >= 0.3 is 6.18 Å². The van der Waals surface area contributed by atoms with Gasteiger partial charge in [0, 0.05) is 21.5 Å². The lowest BCUT2D eigenvalue weighted by atomic mass is 9.97. The molecule has 0 spiro atoms. The first-order valence-electron chi connectivity index (χ1n) is 19.1. The molecule has 0 aliphatic rings. The average Bonchev–Trinajstić information content (AvgIpc) is 3.80. The van der Waals surface area contributed by atoms with Crippen LogP contribution in [0.4, 0.5) is 13.2 Å². The molecule has 8 heteroatoms. The van der Waals surface area contributed by atoms with Crippen LogP contribution in [-0.2, 0) is 6.18 Å². The summed E-state index contributed by atoms with van der Waals surface area (Å²) in [7, 11) is 0. The Labute approximate surface area is 341 Å². The van der Waals surface area contributed by atoms with E-state index in [4.69, 9.17) is 0 Å². The van der Waals surface area contributed by atoms with Crippen LogP contribution in [0, 0.1) is 34.0 Å². The minimum atomic E-state index is -4.86. The Bertz CT molecular complexity index is 3300. The second-order valence-electron chi connectivity index (χ2n) is 14.6. The van der Waals surface area contributed by atoms with Crippen LogP contribution in [0.2, 0.25) is 0 Å². The van der Waals surface area contributed by atoms with Gasteiger partial charge in [-0.1, -0.05) is 97.1 Å². The Morgan fingerprint density at radius 1 is 0.350 bits per heavy atom. The highest BCUT2D eigenvalue weighted by atomic mass is 19.4. The van der Waals surface area contributed by atoms with Crippen LogP contribution in [0.25, 0.3) is 88.4 Å². The van der Waals surface area contributed by atoms with Crippen molar-refractivity contribution in [2.24, 2.45) is 0 Å². The third-order valence-electron chi connectivity index (χ3n) is 11.2. The van der Waals surface area contributed by atoms with Crippen molar-refractivity contribution in [2.75, 3.05) is 0 Å². The molecule has 60 heavy (non-hydrogen) atoms. The third-order valence-corrected chi connectivity index (χ3v) is 11.2. The van der Waals surface area contributed by atoms with Gasteiger partial charge < -0.3 is 9.13 Å². The first-order valence-corrected chi connectivity index (χ1v) is 19.1. The van der Waals surface area contributed by atoms with Gasteiger partial charge in [-0.3, -0.25) is 0 Å². The molecule has 0 amide bonds. The summed E-state index contributed by atoms with van der Waals surface area (Å²) in [6.07, 6.45) is -4.86. The maximum atomic E-state index is 16.5. The molecule has 8 aromatic carbocycles. The molecule has 5 nitrogen and oxygen atoms in total. The summed E-state index contributed by atoms with van der Waals surface area (Å²) in [4.78, 5) is 0. The minimum Gasteiger partial charge on any atom is -0.309 e. The van der Waals surface area contributed by atoms with Crippen molar-refractivity contribution in [1.29, 1.82) is 15.8 Å². The fraction of sp³-hybridized carbons (Fsp3) is 0.0192. The van der Waals surface area contributed by atoms with Crippen LogP contribution in [0.15, 0.2) is 170 Å². The first kappa shape index (κ1) is 36.0. The van der Waals surface area contributed by atoms with E-state index in [2.05, 4.69) is 18.2 Å². The van der Waals surface area contributed by atoms with E-state index >= 15 is 13.2 Å². The van der Waals surface area contributed by atoms with E-state index in [9.17, 15) is 15.8 Å². The zero-order valence-electron chi connectivity index (χ0n) is 31.5. The topological polar surface area (TPSA) is 81.2 Å². The number of para-hydroxylation sites is 2. The molecule has 0 saturated carbocycles. The van der Waals surface area contributed by atoms with Crippen molar-refractivity contribution >= 4 is 43.6 Å². The van der Waals surface area contributed by atoms with Gasteiger partial charge in [0.15, 0.2) is 0 Å². The molecular formula is C52H28F3N5. The summed E-state index contributed by atoms with van der Waals surface area (Å²) in [6, 6.07) is 57.3.